The average Bonchev–Trinajstić information content (AvgIpc) is 2.82. The number of carbonyl (C=O) groups is 1. The predicted octanol–water partition coefficient (Wildman–Crippen LogP) is 3.94. The van der Waals surface area contributed by atoms with E-state index in [-0.39, 0.29) is 18.1 Å². The summed E-state index contributed by atoms with van der Waals surface area (Å²) in [6.07, 6.45) is 2.54. The zero-order valence-electron chi connectivity index (χ0n) is 13.1. The summed E-state index contributed by atoms with van der Waals surface area (Å²) in [6, 6.07) is 7.64. The van der Waals surface area contributed by atoms with E-state index in [1.165, 1.54) is 0 Å². The Kier molecular flexibility index (Phi) is 4.89. The van der Waals surface area contributed by atoms with Crippen molar-refractivity contribution in [2.45, 2.75) is 46.3 Å². The van der Waals surface area contributed by atoms with Gasteiger partial charge < -0.3 is 14.0 Å². The van der Waals surface area contributed by atoms with Crippen LogP contribution in [0.4, 0.5) is 0 Å². The van der Waals surface area contributed by atoms with E-state index >= 15 is 0 Å². The molecule has 0 fully saturated rings. The lowest BCUT2D eigenvalue weighted by Gasteiger charge is -2.19. The van der Waals surface area contributed by atoms with Gasteiger partial charge in [-0.25, -0.2) is 4.79 Å². The average molecular weight is 289 g/mol. The standard InChI is InChI=1S/C17H23NO3/c1-5-15(17(19)21-12(3)4)18-10-9-13-11-14(20-6-2)7-8-16(13)18/h7-12,15H,5-6H2,1-4H3. The van der Waals surface area contributed by atoms with E-state index in [0.29, 0.717) is 13.0 Å². The molecule has 0 aliphatic carbocycles. The molecule has 21 heavy (non-hydrogen) atoms. The molecule has 1 aromatic heterocycles. The van der Waals surface area contributed by atoms with E-state index in [9.17, 15) is 4.79 Å². The van der Waals surface area contributed by atoms with Crippen molar-refractivity contribution in [2.75, 3.05) is 6.61 Å². The molecule has 0 saturated heterocycles. The molecule has 0 saturated carbocycles. The first kappa shape index (κ1) is 15.4. The van der Waals surface area contributed by atoms with Gasteiger partial charge in [0.15, 0.2) is 0 Å². The molecule has 0 aliphatic heterocycles. The van der Waals surface area contributed by atoms with Gasteiger partial charge in [-0.1, -0.05) is 6.92 Å². The molecule has 0 aliphatic rings. The molecule has 4 nitrogen and oxygen atoms in total. The van der Waals surface area contributed by atoms with Gasteiger partial charge >= 0.3 is 5.97 Å². The molecule has 0 radical (unpaired) electrons. The quantitative estimate of drug-likeness (QED) is 0.756. The Morgan fingerprint density at radius 1 is 1.24 bits per heavy atom. The van der Waals surface area contributed by atoms with Crippen LogP contribution in [0.1, 0.15) is 40.2 Å². The van der Waals surface area contributed by atoms with Gasteiger partial charge in [0.1, 0.15) is 11.8 Å². The lowest BCUT2D eigenvalue weighted by atomic mass is 10.2. The van der Waals surface area contributed by atoms with E-state index < -0.39 is 0 Å². The van der Waals surface area contributed by atoms with Crippen LogP contribution in [0.2, 0.25) is 0 Å². The van der Waals surface area contributed by atoms with E-state index in [1.54, 1.807) is 0 Å². The predicted molar refractivity (Wildman–Crippen MR) is 83.7 cm³/mol. The van der Waals surface area contributed by atoms with E-state index in [4.69, 9.17) is 9.47 Å². The van der Waals surface area contributed by atoms with E-state index in [2.05, 4.69) is 0 Å². The smallest absolute Gasteiger partial charge is 0.329 e. The third-order valence-corrected chi connectivity index (χ3v) is 3.35. The molecule has 1 atom stereocenters. The first-order chi connectivity index (χ1) is 10.1. The molecule has 4 heteroatoms. The minimum Gasteiger partial charge on any atom is -0.494 e. The Morgan fingerprint density at radius 2 is 2.00 bits per heavy atom. The van der Waals surface area contributed by atoms with Gasteiger partial charge in [0.05, 0.1) is 12.7 Å². The number of esters is 1. The summed E-state index contributed by atoms with van der Waals surface area (Å²) in [5.41, 5.74) is 1.02. The Hall–Kier alpha value is -1.97. The van der Waals surface area contributed by atoms with Gasteiger partial charge in [-0.05, 0) is 51.5 Å². The summed E-state index contributed by atoms with van der Waals surface area (Å²) in [6.45, 7) is 8.33. The van der Waals surface area contributed by atoms with Crippen LogP contribution in [0.25, 0.3) is 10.9 Å². The summed E-state index contributed by atoms with van der Waals surface area (Å²) >= 11 is 0. The van der Waals surface area contributed by atoms with Crippen LogP contribution in [0.5, 0.6) is 5.75 Å². The highest BCUT2D eigenvalue weighted by molar-refractivity contribution is 5.84. The molecule has 1 unspecified atom stereocenters. The first-order valence-corrected chi connectivity index (χ1v) is 7.50. The summed E-state index contributed by atoms with van der Waals surface area (Å²) < 4.78 is 12.8. The van der Waals surface area contributed by atoms with Gasteiger partial charge in [0.25, 0.3) is 0 Å². The van der Waals surface area contributed by atoms with Crippen LogP contribution in [0.15, 0.2) is 30.5 Å². The number of nitrogens with zero attached hydrogens (tertiary/aromatic N) is 1. The molecule has 0 bridgehead atoms. The van der Waals surface area contributed by atoms with Crippen LogP contribution in [0.3, 0.4) is 0 Å². The summed E-state index contributed by atoms with van der Waals surface area (Å²) in [4.78, 5) is 12.2. The lowest BCUT2D eigenvalue weighted by Crippen LogP contribution is -2.23. The highest BCUT2D eigenvalue weighted by Gasteiger charge is 2.22. The first-order valence-electron chi connectivity index (χ1n) is 7.50. The fourth-order valence-corrected chi connectivity index (χ4v) is 2.46. The molecule has 114 valence electrons. The zero-order chi connectivity index (χ0) is 15.4. The summed E-state index contributed by atoms with van der Waals surface area (Å²) in [5, 5.41) is 1.07. The lowest BCUT2D eigenvalue weighted by molar-refractivity contribution is -0.151. The van der Waals surface area contributed by atoms with Crippen LogP contribution < -0.4 is 4.74 Å². The van der Waals surface area contributed by atoms with Crippen molar-refractivity contribution >= 4 is 16.9 Å². The van der Waals surface area contributed by atoms with Crippen molar-refractivity contribution in [1.29, 1.82) is 0 Å². The number of fused-ring (bicyclic) bond motifs is 1. The number of aromatic nitrogens is 1. The molecule has 2 rings (SSSR count). The molecule has 1 heterocycles. The Morgan fingerprint density at radius 3 is 2.62 bits per heavy atom. The Labute approximate surface area is 125 Å². The van der Waals surface area contributed by atoms with Crippen LogP contribution in [0, 0.1) is 0 Å². The monoisotopic (exact) mass is 289 g/mol. The van der Waals surface area contributed by atoms with E-state index in [0.717, 1.165) is 16.7 Å². The number of rotatable bonds is 6. The maximum absolute atomic E-state index is 12.2. The van der Waals surface area contributed by atoms with Gasteiger partial charge in [-0.2, -0.15) is 0 Å². The second-order valence-corrected chi connectivity index (χ2v) is 5.29. The molecule has 1 aromatic carbocycles. The van der Waals surface area contributed by atoms with Gasteiger partial charge in [-0.15, -0.1) is 0 Å². The van der Waals surface area contributed by atoms with Crippen molar-refractivity contribution < 1.29 is 14.3 Å². The molecule has 0 amide bonds. The highest BCUT2D eigenvalue weighted by atomic mass is 16.5. The van der Waals surface area contributed by atoms with Crippen molar-refractivity contribution in [3.8, 4) is 5.75 Å². The maximum atomic E-state index is 12.2. The van der Waals surface area contributed by atoms with Crippen molar-refractivity contribution in [3.05, 3.63) is 30.5 Å². The largest absolute Gasteiger partial charge is 0.494 e. The summed E-state index contributed by atoms with van der Waals surface area (Å²) in [7, 11) is 0. The van der Waals surface area contributed by atoms with Crippen LogP contribution in [-0.4, -0.2) is 23.2 Å². The number of hydrogen-bond acceptors (Lipinski definition) is 3. The van der Waals surface area contributed by atoms with E-state index in [1.807, 2.05) is 62.7 Å². The van der Waals surface area contributed by atoms with Crippen LogP contribution in [-0.2, 0) is 9.53 Å². The number of ether oxygens (including phenoxy) is 2. The fraction of sp³-hybridized carbons (Fsp3) is 0.471. The third kappa shape index (κ3) is 3.38. The van der Waals surface area contributed by atoms with Crippen LogP contribution >= 0.6 is 0 Å². The molecule has 0 N–H and O–H groups in total. The highest BCUT2D eigenvalue weighted by Crippen LogP contribution is 2.26. The van der Waals surface area contributed by atoms with Gasteiger partial charge in [-0.3, -0.25) is 0 Å². The second kappa shape index (κ2) is 6.66. The normalized spacial score (nSPS) is 12.6. The van der Waals surface area contributed by atoms with Gasteiger partial charge in [0, 0.05) is 17.1 Å². The number of carbonyl (C=O) groups excluding carboxylic acids is 1. The number of hydrogen-bond donors (Lipinski definition) is 0. The zero-order valence-corrected chi connectivity index (χ0v) is 13.1. The van der Waals surface area contributed by atoms with Crippen molar-refractivity contribution in [1.82, 2.24) is 4.57 Å². The topological polar surface area (TPSA) is 40.5 Å². The minimum atomic E-state index is -0.289. The molecular formula is C17H23NO3. The SMILES string of the molecule is CCOc1ccc2c(ccn2C(CC)C(=O)OC(C)C)c1. The summed E-state index contributed by atoms with van der Waals surface area (Å²) in [5.74, 6) is 0.666. The van der Waals surface area contributed by atoms with Gasteiger partial charge in [0.2, 0.25) is 0 Å². The molecule has 0 spiro atoms. The maximum Gasteiger partial charge on any atom is 0.329 e. The number of benzene rings is 1. The molecular weight excluding hydrogens is 266 g/mol. The van der Waals surface area contributed by atoms with Crippen molar-refractivity contribution in [2.24, 2.45) is 0 Å². The molecule has 2 aromatic rings. The fourth-order valence-electron chi connectivity index (χ4n) is 2.46. The Balaban J connectivity index is 2.34. The van der Waals surface area contributed by atoms with Crippen molar-refractivity contribution in [3.63, 3.8) is 0 Å². The third-order valence-electron chi connectivity index (χ3n) is 3.35. The minimum absolute atomic E-state index is 0.0991. The Bertz CT molecular complexity index is 616. The second-order valence-electron chi connectivity index (χ2n) is 5.29.